The topological polar surface area (TPSA) is 76.7 Å². The molecule has 1 aliphatic rings. The van der Waals surface area contributed by atoms with Gasteiger partial charge in [-0.1, -0.05) is 35.3 Å². The van der Waals surface area contributed by atoms with Crippen molar-refractivity contribution in [2.75, 3.05) is 13.7 Å². The standard InChI is InChI=1S/C18H16Cl2N2O4/c1-25-14-6-5-12(20)8-13(14)16(10-3-2-4-11(19)7-10)22-17(23)15-9-21-18(24)26-15/h2-8,15-16H,9H2,1H3,(H,21,24)(H,22,23)/t15-,16-/m0/s1. The third-order valence-electron chi connectivity index (χ3n) is 3.94. The average Bonchev–Trinajstić information content (AvgIpc) is 3.06. The van der Waals surface area contributed by atoms with Crippen LogP contribution in [0.5, 0.6) is 5.75 Å². The lowest BCUT2D eigenvalue weighted by atomic mass is 9.97. The molecule has 6 nitrogen and oxygen atoms in total. The molecule has 0 saturated carbocycles. The van der Waals surface area contributed by atoms with Gasteiger partial charge in [0.25, 0.3) is 5.91 Å². The molecule has 26 heavy (non-hydrogen) atoms. The van der Waals surface area contributed by atoms with Gasteiger partial charge in [0.2, 0.25) is 0 Å². The Labute approximate surface area is 160 Å². The molecular weight excluding hydrogens is 379 g/mol. The van der Waals surface area contributed by atoms with Crippen LogP contribution in [0.15, 0.2) is 42.5 Å². The van der Waals surface area contributed by atoms with E-state index in [1.54, 1.807) is 36.4 Å². The molecule has 1 saturated heterocycles. The highest BCUT2D eigenvalue weighted by atomic mass is 35.5. The number of halogens is 2. The van der Waals surface area contributed by atoms with E-state index in [0.29, 0.717) is 21.4 Å². The molecule has 136 valence electrons. The molecule has 2 aromatic carbocycles. The molecule has 0 aliphatic carbocycles. The summed E-state index contributed by atoms with van der Waals surface area (Å²) in [7, 11) is 1.53. The molecule has 0 unspecified atom stereocenters. The number of carbonyl (C=O) groups excluding carboxylic acids is 2. The Bertz CT molecular complexity index is 844. The fraction of sp³-hybridized carbons (Fsp3) is 0.222. The van der Waals surface area contributed by atoms with Crippen LogP contribution in [0.2, 0.25) is 10.0 Å². The zero-order valence-electron chi connectivity index (χ0n) is 13.8. The lowest BCUT2D eigenvalue weighted by molar-refractivity contribution is -0.128. The molecule has 1 aliphatic heterocycles. The van der Waals surface area contributed by atoms with Gasteiger partial charge in [-0.3, -0.25) is 4.79 Å². The van der Waals surface area contributed by atoms with Crippen molar-refractivity contribution in [2.45, 2.75) is 12.1 Å². The van der Waals surface area contributed by atoms with Crippen molar-refractivity contribution < 1.29 is 19.1 Å². The van der Waals surface area contributed by atoms with Crippen molar-refractivity contribution in [1.82, 2.24) is 10.6 Å². The average molecular weight is 395 g/mol. The maximum absolute atomic E-state index is 12.6. The summed E-state index contributed by atoms with van der Waals surface area (Å²) in [6.45, 7) is 0.111. The van der Waals surface area contributed by atoms with Crippen LogP contribution in [0.25, 0.3) is 0 Å². The van der Waals surface area contributed by atoms with Crippen molar-refractivity contribution in [3.05, 3.63) is 63.6 Å². The largest absolute Gasteiger partial charge is 0.496 e. The van der Waals surface area contributed by atoms with E-state index in [1.807, 2.05) is 6.07 Å². The molecule has 2 aromatic rings. The lowest BCUT2D eigenvalue weighted by Crippen LogP contribution is -2.39. The zero-order chi connectivity index (χ0) is 18.7. The third-order valence-corrected chi connectivity index (χ3v) is 4.42. The molecule has 2 amide bonds. The van der Waals surface area contributed by atoms with Crippen LogP contribution in [0.3, 0.4) is 0 Å². The normalized spacial score (nSPS) is 17.2. The smallest absolute Gasteiger partial charge is 0.408 e. The zero-order valence-corrected chi connectivity index (χ0v) is 15.3. The first-order valence-electron chi connectivity index (χ1n) is 7.81. The van der Waals surface area contributed by atoms with E-state index in [1.165, 1.54) is 7.11 Å². The van der Waals surface area contributed by atoms with Gasteiger partial charge in [-0.05, 0) is 35.9 Å². The third kappa shape index (κ3) is 4.03. The molecule has 2 atom stereocenters. The summed E-state index contributed by atoms with van der Waals surface area (Å²) in [6.07, 6.45) is -1.53. The minimum atomic E-state index is -0.908. The van der Waals surface area contributed by atoms with E-state index in [2.05, 4.69) is 10.6 Å². The van der Waals surface area contributed by atoms with E-state index < -0.39 is 24.1 Å². The highest BCUT2D eigenvalue weighted by Gasteiger charge is 2.32. The number of hydrogen-bond acceptors (Lipinski definition) is 4. The second kappa shape index (κ2) is 7.85. The summed E-state index contributed by atoms with van der Waals surface area (Å²) >= 11 is 12.3. The van der Waals surface area contributed by atoms with Gasteiger partial charge >= 0.3 is 6.09 Å². The first-order chi connectivity index (χ1) is 12.5. The number of rotatable bonds is 5. The van der Waals surface area contributed by atoms with Crippen molar-refractivity contribution in [3.63, 3.8) is 0 Å². The Morgan fingerprint density at radius 2 is 2.04 bits per heavy atom. The number of hydrogen-bond donors (Lipinski definition) is 2. The van der Waals surface area contributed by atoms with Crippen LogP contribution >= 0.6 is 23.2 Å². The SMILES string of the molecule is COc1ccc(Cl)cc1[C@@H](NC(=O)[C@@H]1CNC(=O)O1)c1cccc(Cl)c1. The monoisotopic (exact) mass is 394 g/mol. The summed E-state index contributed by atoms with van der Waals surface area (Å²) in [4.78, 5) is 23.8. The quantitative estimate of drug-likeness (QED) is 0.815. The van der Waals surface area contributed by atoms with E-state index in [4.69, 9.17) is 32.7 Å². The van der Waals surface area contributed by atoms with E-state index in [-0.39, 0.29) is 6.54 Å². The van der Waals surface area contributed by atoms with Gasteiger partial charge in [-0.25, -0.2) is 4.79 Å². The summed E-state index contributed by atoms with van der Waals surface area (Å²) in [6, 6.07) is 11.6. The molecule has 8 heteroatoms. The van der Waals surface area contributed by atoms with Gasteiger partial charge in [0.15, 0.2) is 6.10 Å². The molecule has 0 aromatic heterocycles. The molecular formula is C18H16Cl2N2O4. The predicted octanol–water partition coefficient (Wildman–Crippen LogP) is 3.32. The minimum Gasteiger partial charge on any atom is -0.496 e. The Kier molecular flexibility index (Phi) is 5.54. The highest BCUT2D eigenvalue weighted by Crippen LogP contribution is 2.33. The predicted molar refractivity (Wildman–Crippen MR) is 97.7 cm³/mol. The molecule has 3 rings (SSSR count). The second-order valence-electron chi connectivity index (χ2n) is 5.66. The molecule has 0 spiro atoms. The molecule has 1 heterocycles. The van der Waals surface area contributed by atoms with E-state index >= 15 is 0 Å². The van der Waals surface area contributed by atoms with Gasteiger partial charge in [-0.2, -0.15) is 0 Å². The first-order valence-corrected chi connectivity index (χ1v) is 8.57. The van der Waals surface area contributed by atoms with Gasteiger partial charge in [0.1, 0.15) is 5.75 Å². The molecule has 0 bridgehead atoms. The number of cyclic esters (lactones) is 1. The number of amides is 2. The lowest BCUT2D eigenvalue weighted by Gasteiger charge is -2.23. The number of carbonyl (C=O) groups is 2. The second-order valence-corrected chi connectivity index (χ2v) is 6.53. The number of alkyl carbamates (subject to hydrolysis) is 1. The van der Waals surface area contributed by atoms with Gasteiger partial charge in [-0.15, -0.1) is 0 Å². The van der Waals surface area contributed by atoms with E-state index in [9.17, 15) is 9.59 Å². The van der Waals surface area contributed by atoms with Gasteiger partial charge in [0.05, 0.1) is 19.7 Å². The van der Waals surface area contributed by atoms with Crippen LogP contribution in [0.1, 0.15) is 17.2 Å². The van der Waals surface area contributed by atoms with Crippen LogP contribution in [0, 0.1) is 0 Å². The summed E-state index contributed by atoms with van der Waals surface area (Å²) in [5.41, 5.74) is 1.40. The van der Waals surface area contributed by atoms with Crippen LogP contribution < -0.4 is 15.4 Å². The Morgan fingerprint density at radius 3 is 2.69 bits per heavy atom. The highest BCUT2D eigenvalue weighted by molar-refractivity contribution is 6.31. The summed E-state index contributed by atoms with van der Waals surface area (Å²) < 4.78 is 10.4. The van der Waals surface area contributed by atoms with Crippen molar-refractivity contribution in [1.29, 1.82) is 0 Å². The number of methoxy groups -OCH3 is 1. The fourth-order valence-corrected chi connectivity index (χ4v) is 3.11. The van der Waals surface area contributed by atoms with Crippen molar-refractivity contribution in [3.8, 4) is 5.75 Å². The van der Waals surface area contributed by atoms with Gasteiger partial charge in [0, 0.05) is 15.6 Å². The van der Waals surface area contributed by atoms with Crippen LogP contribution in [0.4, 0.5) is 4.79 Å². The van der Waals surface area contributed by atoms with Crippen molar-refractivity contribution in [2.24, 2.45) is 0 Å². The number of nitrogens with one attached hydrogen (secondary N) is 2. The van der Waals surface area contributed by atoms with Crippen LogP contribution in [-0.2, 0) is 9.53 Å². The molecule has 2 N–H and O–H groups in total. The minimum absolute atomic E-state index is 0.111. The Morgan fingerprint density at radius 1 is 1.27 bits per heavy atom. The first kappa shape index (κ1) is 18.4. The summed E-state index contributed by atoms with van der Waals surface area (Å²) in [5.74, 6) is 0.122. The maximum Gasteiger partial charge on any atom is 0.408 e. The summed E-state index contributed by atoms with van der Waals surface area (Å²) in [5, 5.41) is 6.36. The number of ether oxygens (including phenoxy) is 2. The fourth-order valence-electron chi connectivity index (χ4n) is 2.73. The Hall–Kier alpha value is -2.44. The maximum atomic E-state index is 12.6. The van der Waals surface area contributed by atoms with Gasteiger partial charge < -0.3 is 20.1 Å². The van der Waals surface area contributed by atoms with E-state index in [0.717, 1.165) is 5.56 Å². The van der Waals surface area contributed by atoms with Crippen molar-refractivity contribution >= 4 is 35.2 Å². The van der Waals surface area contributed by atoms with Crippen LogP contribution in [-0.4, -0.2) is 31.8 Å². The molecule has 0 radical (unpaired) electrons. The molecule has 1 fully saturated rings. The Balaban J connectivity index is 1.98. The number of benzene rings is 2.